The van der Waals surface area contributed by atoms with E-state index in [0.717, 1.165) is 89.6 Å². The number of nitrogens with zero attached hydrogens (tertiary/aromatic N) is 6. The molecule has 0 unspecified atom stereocenters. The lowest BCUT2D eigenvalue weighted by atomic mass is 10.0. The van der Waals surface area contributed by atoms with Crippen molar-refractivity contribution in [1.29, 1.82) is 0 Å². The van der Waals surface area contributed by atoms with E-state index in [1.807, 2.05) is 0 Å². The fourth-order valence-electron chi connectivity index (χ4n) is 5.05. The van der Waals surface area contributed by atoms with Crippen LogP contribution in [0.1, 0.15) is 13.8 Å². The van der Waals surface area contributed by atoms with Gasteiger partial charge in [0, 0.05) is 48.3 Å². The maximum absolute atomic E-state index is 5.48. The van der Waals surface area contributed by atoms with E-state index in [2.05, 4.69) is 110 Å². The van der Waals surface area contributed by atoms with Gasteiger partial charge in [0.2, 0.25) is 0 Å². The third-order valence-corrected chi connectivity index (χ3v) is 7.15. The van der Waals surface area contributed by atoms with Gasteiger partial charge < -0.3 is 19.9 Å². The van der Waals surface area contributed by atoms with Crippen molar-refractivity contribution in [3.8, 4) is 11.1 Å². The van der Waals surface area contributed by atoms with E-state index in [1.165, 1.54) is 5.69 Å². The van der Waals surface area contributed by atoms with Crippen LogP contribution >= 0.6 is 0 Å². The Labute approximate surface area is 222 Å². The van der Waals surface area contributed by atoms with Crippen LogP contribution < -0.4 is 15.1 Å². The molecule has 38 heavy (non-hydrogen) atoms. The van der Waals surface area contributed by atoms with Gasteiger partial charge in [0.15, 0.2) is 0 Å². The Kier molecular flexibility index (Phi) is 6.71. The summed E-state index contributed by atoms with van der Waals surface area (Å²) in [5, 5.41) is 5.52. The summed E-state index contributed by atoms with van der Waals surface area (Å²) in [4.78, 5) is 22.8. The van der Waals surface area contributed by atoms with Crippen molar-refractivity contribution in [1.82, 2.24) is 19.9 Å². The van der Waals surface area contributed by atoms with Crippen molar-refractivity contribution in [2.45, 2.75) is 13.8 Å². The number of ether oxygens (including phenoxy) is 1. The number of rotatable bonds is 7. The maximum Gasteiger partial charge on any atom is 0.141 e. The molecule has 8 heteroatoms. The number of benzene rings is 3. The minimum absolute atomic E-state index is 0.774. The first kappa shape index (κ1) is 24.1. The van der Waals surface area contributed by atoms with Gasteiger partial charge in [-0.15, -0.1) is 0 Å². The van der Waals surface area contributed by atoms with E-state index in [4.69, 9.17) is 4.74 Å². The molecular formula is C30H31N7O. The number of nitrogens with one attached hydrogen (secondary N) is 1. The Morgan fingerprint density at radius 3 is 2.08 bits per heavy atom. The quantitative estimate of drug-likeness (QED) is 0.303. The Bertz CT molecular complexity index is 1560. The lowest BCUT2D eigenvalue weighted by molar-refractivity contribution is 0.122. The molecule has 192 valence electrons. The summed E-state index contributed by atoms with van der Waals surface area (Å²) >= 11 is 0. The highest BCUT2D eigenvalue weighted by Crippen LogP contribution is 2.32. The van der Waals surface area contributed by atoms with Gasteiger partial charge in [0.25, 0.3) is 0 Å². The van der Waals surface area contributed by atoms with Crippen LogP contribution in [-0.4, -0.2) is 59.3 Å². The third kappa shape index (κ3) is 4.70. The van der Waals surface area contributed by atoms with Gasteiger partial charge in [0.05, 0.1) is 24.2 Å². The number of anilines is 4. The monoisotopic (exact) mass is 505 g/mol. The molecule has 0 radical (unpaired) electrons. The first-order valence-electron chi connectivity index (χ1n) is 13.2. The van der Waals surface area contributed by atoms with Gasteiger partial charge in [-0.05, 0) is 73.5 Å². The van der Waals surface area contributed by atoms with E-state index in [1.54, 1.807) is 12.7 Å². The van der Waals surface area contributed by atoms with Crippen LogP contribution in [0.4, 0.5) is 23.0 Å². The maximum atomic E-state index is 5.48. The fourth-order valence-corrected chi connectivity index (χ4v) is 5.05. The van der Waals surface area contributed by atoms with Gasteiger partial charge in [-0.1, -0.05) is 12.1 Å². The standard InChI is InChI=1S/C30H31N7O/c1-3-36(4-2)30-26-18-22(6-12-28(26)32-20-34-30)21-5-11-27-25(17-21)29(33-19-31-27)35-23-7-9-24(10-8-23)37-13-15-38-16-14-37/h5-12,17-20H,3-4,13-16H2,1-2H3,(H,31,33,35). The van der Waals surface area contributed by atoms with Crippen molar-refractivity contribution in [2.24, 2.45) is 0 Å². The molecule has 0 spiro atoms. The normalized spacial score (nSPS) is 13.7. The van der Waals surface area contributed by atoms with Gasteiger partial charge in [0.1, 0.15) is 24.3 Å². The van der Waals surface area contributed by atoms with E-state index in [9.17, 15) is 0 Å². The zero-order valence-corrected chi connectivity index (χ0v) is 21.8. The van der Waals surface area contributed by atoms with E-state index in [0.29, 0.717) is 0 Å². The molecule has 8 nitrogen and oxygen atoms in total. The molecule has 3 heterocycles. The van der Waals surface area contributed by atoms with Gasteiger partial charge >= 0.3 is 0 Å². The van der Waals surface area contributed by atoms with Crippen LogP contribution in [0, 0.1) is 0 Å². The molecule has 1 fully saturated rings. The molecule has 6 rings (SSSR count). The molecular weight excluding hydrogens is 474 g/mol. The summed E-state index contributed by atoms with van der Waals surface area (Å²) in [5.74, 6) is 1.75. The minimum Gasteiger partial charge on any atom is -0.378 e. The minimum atomic E-state index is 0.774. The van der Waals surface area contributed by atoms with Gasteiger partial charge in [-0.3, -0.25) is 0 Å². The number of aromatic nitrogens is 4. The topological polar surface area (TPSA) is 79.3 Å². The average Bonchev–Trinajstić information content (AvgIpc) is 2.98. The van der Waals surface area contributed by atoms with Crippen LogP contribution in [0.3, 0.4) is 0 Å². The van der Waals surface area contributed by atoms with Crippen molar-refractivity contribution in [3.05, 3.63) is 73.3 Å². The summed E-state index contributed by atoms with van der Waals surface area (Å²) < 4.78 is 5.48. The summed E-state index contributed by atoms with van der Waals surface area (Å²) in [6.45, 7) is 9.47. The van der Waals surface area contributed by atoms with Crippen LogP contribution in [0.2, 0.25) is 0 Å². The lowest BCUT2D eigenvalue weighted by Gasteiger charge is -2.28. The summed E-state index contributed by atoms with van der Waals surface area (Å²) in [6, 6.07) is 21.2. The Morgan fingerprint density at radius 2 is 1.39 bits per heavy atom. The molecule has 0 amide bonds. The highest BCUT2D eigenvalue weighted by molar-refractivity contribution is 5.96. The molecule has 0 saturated carbocycles. The second-order valence-electron chi connectivity index (χ2n) is 9.33. The number of fused-ring (bicyclic) bond motifs is 2. The first-order chi connectivity index (χ1) is 18.7. The van der Waals surface area contributed by atoms with Crippen molar-refractivity contribution < 1.29 is 4.74 Å². The Morgan fingerprint density at radius 1 is 0.763 bits per heavy atom. The van der Waals surface area contributed by atoms with Gasteiger partial charge in [-0.2, -0.15) is 0 Å². The summed E-state index contributed by atoms with van der Waals surface area (Å²) in [7, 11) is 0. The average molecular weight is 506 g/mol. The Balaban J connectivity index is 1.33. The third-order valence-electron chi connectivity index (χ3n) is 7.15. The first-order valence-corrected chi connectivity index (χ1v) is 13.2. The molecule has 1 N–H and O–H groups in total. The molecule has 5 aromatic rings. The highest BCUT2D eigenvalue weighted by Gasteiger charge is 2.13. The Hall–Kier alpha value is -4.30. The summed E-state index contributed by atoms with van der Waals surface area (Å²) in [6.07, 6.45) is 3.25. The largest absolute Gasteiger partial charge is 0.378 e. The van der Waals surface area contributed by atoms with E-state index < -0.39 is 0 Å². The van der Waals surface area contributed by atoms with Crippen LogP contribution in [0.25, 0.3) is 32.9 Å². The predicted octanol–water partition coefficient (Wildman–Crippen LogP) is 5.67. The smallest absolute Gasteiger partial charge is 0.141 e. The second-order valence-corrected chi connectivity index (χ2v) is 9.33. The summed E-state index contributed by atoms with van der Waals surface area (Å²) in [5.41, 5.74) is 6.22. The molecule has 0 aliphatic carbocycles. The predicted molar refractivity (Wildman–Crippen MR) is 154 cm³/mol. The highest BCUT2D eigenvalue weighted by atomic mass is 16.5. The van der Waals surface area contributed by atoms with E-state index >= 15 is 0 Å². The van der Waals surface area contributed by atoms with E-state index in [-0.39, 0.29) is 0 Å². The van der Waals surface area contributed by atoms with Crippen molar-refractivity contribution >= 4 is 44.8 Å². The lowest BCUT2D eigenvalue weighted by Crippen LogP contribution is -2.36. The number of morpholine rings is 1. The van der Waals surface area contributed by atoms with Gasteiger partial charge in [-0.25, -0.2) is 19.9 Å². The SMILES string of the molecule is CCN(CC)c1ncnc2ccc(-c3ccc4ncnc(Nc5ccc(N6CCOCC6)cc5)c4c3)cc12. The number of hydrogen-bond acceptors (Lipinski definition) is 8. The molecule has 3 aromatic carbocycles. The second kappa shape index (κ2) is 10.6. The van der Waals surface area contributed by atoms with Crippen LogP contribution in [-0.2, 0) is 4.74 Å². The molecule has 0 bridgehead atoms. The molecule has 2 aromatic heterocycles. The zero-order valence-electron chi connectivity index (χ0n) is 21.8. The van der Waals surface area contributed by atoms with Crippen molar-refractivity contribution in [2.75, 3.05) is 54.5 Å². The van der Waals surface area contributed by atoms with Crippen molar-refractivity contribution in [3.63, 3.8) is 0 Å². The molecule has 1 saturated heterocycles. The molecule has 0 atom stereocenters. The zero-order chi connectivity index (χ0) is 25.9. The van der Waals surface area contributed by atoms with Crippen LogP contribution in [0.15, 0.2) is 73.3 Å². The molecule has 1 aliphatic heterocycles. The number of hydrogen-bond donors (Lipinski definition) is 1. The fraction of sp³-hybridized carbons (Fsp3) is 0.267. The van der Waals surface area contributed by atoms with Crippen LogP contribution in [0.5, 0.6) is 0 Å². The molecule has 1 aliphatic rings.